The highest BCUT2D eigenvalue weighted by Gasteiger charge is 2.16. The summed E-state index contributed by atoms with van der Waals surface area (Å²) in [6, 6.07) is 2.14. The Balaban J connectivity index is 3.04. The molecule has 7 nitrogen and oxygen atoms in total. The van der Waals surface area contributed by atoms with E-state index in [1.165, 1.54) is 0 Å². The Bertz CT molecular complexity index is 738. The number of carbonyl (C=O) groups is 2. The fraction of sp³-hybridized carbons (Fsp3) is 0.333. The minimum atomic E-state index is -3.54. The average Bonchev–Trinajstić information content (AvgIpc) is 2.43. The molecule has 0 unspecified atom stereocenters. The van der Waals surface area contributed by atoms with Gasteiger partial charge in [0.1, 0.15) is 24.4 Å². The number of ether oxygens (including phenoxy) is 2. The molecule has 0 radical (unpaired) electrons. The van der Waals surface area contributed by atoms with Gasteiger partial charge in [0, 0.05) is 0 Å². The molecule has 0 aliphatic rings. The number of rotatable bonds is 6. The highest BCUT2D eigenvalue weighted by atomic mass is 16.5. The van der Waals surface area contributed by atoms with E-state index in [0.717, 1.165) is 12.1 Å². The van der Waals surface area contributed by atoms with Crippen LogP contribution in [0.1, 0.15) is 31.7 Å². The van der Waals surface area contributed by atoms with Crippen molar-refractivity contribution in [1.82, 2.24) is 0 Å². The molecule has 104 valence electrons. The quantitative estimate of drug-likeness (QED) is 0.612. The molecule has 0 atom stereocenters. The van der Waals surface area contributed by atoms with Crippen molar-refractivity contribution in [2.45, 2.75) is 0 Å². The summed E-state index contributed by atoms with van der Waals surface area (Å²) in [6.07, 6.45) is 0. The van der Waals surface area contributed by atoms with Gasteiger partial charge >= 0.3 is 11.9 Å². The van der Waals surface area contributed by atoms with Crippen LogP contribution in [-0.2, 0) is 9.47 Å². The SMILES string of the molecule is [2H]C([2H])(O)C([2H])([2H])OC(=O)c1ccc(C(=O)OC([2H])([2H])C([2H])([2H])O)c(O)c1. The largest absolute Gasteiger partial charge is 0.507 e. The van der Waals surface area contributed by atoms with Gasteiger partial charge in [-0.05, 0) is 18.2 Å². The van der Waals surface area contributed by atoms with Crippen LogP contribution in [0, 0.1) is 0 Å². The summed E-state index contributed by atoms with van der Waals surface area (Å²) < 4.78 is 64.2. The number of phenols is 1. The van der Waals surface area contributed by atoms with E-state index in [9.17, 15) is 14.7 Å². The Labute approximate surface area is 120 Å². The first-order valence-electron chi connectivity index (χ1n) is 8.63. The van der Waals surface area contributed by atoms with Crippen molar-refractivity contribution >= 4 is 11.9 Å². The lowest BCUT2D eigenvalue weighted by Gasteiger charge is -2.07. The second-order valence-corrected chi connectivity index (χ2v) is 2.94. The van der Waals surface area contributed by atoms with Gasteiger partial charge in [0.2, 0.25) is 0 Å². The molecular weight excluding hydrogens is 256 g/mol. The Morgan fingerprint density at radius 1 is 1.11 bits per heavy atom. The minimum absolute atomic E-state index is 0.558. The highest BCUT2D eigenvalue weighted by Crippen LogP contribution is 2.20. The topological polar surface area (TPSA) is 113 Å². The fourth-order valence-corrected chi connectivity index (χ4v) is 1.08. The second kappa shape index (κ2) is 7.34. The average molecular weight is 278 g/mol. The third kappa shape index (κ3) is 4.23. The lowest BCUT2D eigenvalue weighted by Crippen LogP contribution is -2.11. The van der Waals surface area contributed by atoms with Crippen LogP contribution in [0.15, 0.2) is 18.2 Å². The van der Waals surface area contributed by atoms with Gasteiger partial charge in [-0.25, -0.2) is 9.59 Å². The maximum atomic E-state index is 11.8. The predicted molar refractivity (Wildman–Crippen MR) is 62.8 cm³/mol. The first-order valence-corrected chi connectivity index (χ1v) is 4.63. The molecule has 0 spiro atoms. The van der Waals surface area contributed by atoms with Crippen LogP contribution in [0.3, 0.4) is 0 Å². The van der Waals surface area contributed by atoms with Gasteiger partial charge in [0.25, 0.3) is 0 Å². The fourth-order valence-electron chi connectivity index (χ4n) is 1.08. The first-order chi connectivity index (χ1) is 11.9. The zero-order valence-electron chi connectivity index (χ0n) is 17.2. The van der Waals surface area contributed by atoms with Gasteiger partial charge in [0.05, 0.1) is 29.6 Å². The van der Waals surface area contributed by atoms with Crippen LogP contribution < -0.4 is 0 Å². The van der Waals surface area contributed by atoms with Crippen molar-refractivity contribution in [3.8, 4) is 5.75 Å². The van der Waals surface area contributed by atoms with Gasteiger partial charge in [-0.1, -0.05) is 0 Å². The van der Waals surface area contributed by atoms with Crippen molar-refractivity contribution in [2.75, 3.05) is 26.2 Å². The van der Waals surface area contributed by atoms with E-state index < -0.39 is 55.1 Å². The Kier molecular flexibility index (Phi) is 2.66. The summed E-state index contributed by atoms with van der Waals surface area (Å²) in [6.45, 7) is -14.0. The van der Waals surface area contributed by atoms with Crippen LogP contribution in [-0.4, -0.2) is 53.5 Å². The molecule has 0 saturated heterocycles. The number of aliphatic hydroxyl groups is 2. The Hall–Kier alpha value is -2.12. The van der Waals surface area contributed by atoms with Gasteiger partial charge in [-0.2, -0.15) is 0 Å². The van der Waals surface area contributed by atoms with E-state index in [4.69, 9.17) is 21.2 Å². The third-order valence-electron chi connectivity index (χ3n) is 1.83. The maximum Gasteiger partial charge on any atom is 0.341 e. The van der Waals surface area contributed by atoms with E-state index in [2.05, 4.69) is 9.47 Å². The van der Waals surface area contributed by atoms with Crippen LogP contribution in [0.2, 0.25) is 0 Å². The molecule has 19 heavy (non-hydrogen) atoms. The van der Waals surface area contributed by atoms with Crippen LogP contribution >= 0.6 is 0 Å². The van der Waals surface area contributed by atoms with E-state index in [0.29, 0.717) is 6.07 Å². The Morgan fingerprint density at radius 3 is 2.21 bits per heavy atom. The summed E-state index contributed by atoms with van der Waals surface area (Å²) in [5, 5.41) is 27.7. The van der Waals surface area contributed by atoms with E-state index >= 15 is 0 Å². The molecule has 0 saturated carbocycles. The molecule has 0 heterocycles. The van der Waals surface area contributed by atoms with Gasteiger partial charge in [0.15, 0.2) is 0 Å². The van der Waals surface area contributed by atoms with E-state index in [1.54, 1.807) is 0 Å². The van der Waals surface area contributed by atoms with Crippen molar-refractivity contribution in [3.05, 3.63) is 29.3 Å². The first kappa shape index (κ1) is 6.88. The third-order valence-corrected chi connectivity index (χ3v) is 1.83. The predicted octanol–water partition coefficient (Wildman–Crippen LogP) is -0.310. The van der Waals surface area contributed by atoms with Gasteiger partial charge in [-0.3, -0.25) is 0 Å². The molecule has 0 bridgehead atoms. The van der Waals surface area contributed by atoms with E-state index in [1.807, 2.05) is 0 Å². The standard InChI is InChI=1S/C12H14O7/c13-3-5-18-11(16)8-1-2-9(10(15)7-8)12(17)19-6-4-14/h1-2,7,13-15H,3-6H2/i3D2,4D2,5D2,6D2. The van der Waals surface area contributed by atoms with Gasteiger partial charge < -0.3 is 24.8 Å². The van der Waals surface area contributed by atoms with E-state index in [-0.39, 0.29) is 0 Å². The zero-order chi connectivity index (χ0) is 21.4. The number of hydrogen-bond acceptors (Lipinski definition) is 7. The van der Waals surface area contributed by atoms with Crippen molar-refractivity contribution in [3.63, 3.8) is 0 Å². The normalized spacial score (nSPS) is 19.3. The number of hydrogen-bond donors (Lipinski definition) is 3. The molecule has 0 aliphatic carbocycles. The molecule has 0 aromatic heterocycles. The summed E-state index contributed by atoms with van der Waals surface area (Å²) in [5.41, 5.74) is -1.28. The molecule has 0 aliphatic heterocycles. The summed E-state index contributed by atoms with van der Waals surface area (Å²) >= 11 is 0. The molecule has 0 amide bonds. The van der Waals surface area contributed by atoms with Crippen molar-refractivity contribution in [1.29, 1.82) is 0 Å². The molecular formula is C12H14O7. The van der Waals surface area contributed by atoms with Crippen LogP contribution in [0.5, 0.6) is 5.75 Å². The number of esters is 2. The molecule has 1 aromatic carbocycles. The van der Waals surface area contributed by atoms with Crippen LogP contribution in [0.4, 0.5) is 0 Å². The summed E-state index contributed by atoms with van der Waals surface area (Å²) in [7, 11) is 0. The maximum absolute atomic E-state index is 11.8. The summed E-state index contributed by atoms with van der Waals surface area (Å²) in [4.78, 5) is 23.6. The Morgan fingerprint density at radius 2 is 1.68 bits per heavy atom. The molecule has 1 aromatic rings. The summed E-state index contributed by atoms with van der Waals surface area (Å²) in [5.74, 6) is -4.05. The molecule has 3 N–H and O–H groups in total. The number of benzene rings is 1. The lowest BCUT2D eigenvalue weighted by molar-refractivity contribution is 0.0418. The number of aromatic hydroxyl groups is 1. The zero-order valence-corrected chi connectivity index (χ0v) is 9.21. The molecule has 0 fully saturated rings. The highest BCUT2D eigenvalue weighted by molar-refractivity contribution is 5.95. The van der Waals surface area contributed by atoms with Crippen molar-refractivity contribution < 1.29 is 45.3 Å². The van der Waals surface area contributed by atoms with Crippen molar-refractivity contribution in [2.24, 2.45) is 0 Å². The number of carbonyl (C=O) groups excluding carboxylic acids is 2. The number of phenolic OH excluding ortho intramolecular Hbond substituents is 1. The second-order valence-electron chi connectivity index (χ2n) is 2.94. The molecule has 7 heteroatoms. The minimum Gasteiger partial charge on any atom is -0.507 e. The van der Waals surface area contributed by atoms with Gasteiger partial charge in [-0.15, -0.1) is 0 Å². The monoisotopic (exact) mass is 278 g/mol. The lowest BCUT2D eigenvalue weighted by atomic mass is 10.1. The molecule has 1 rings (SSSR count). The smallest absolute Gasteiger partial charge is 0.341 e. The van der Waals surface area contributed by atoms with Crippen LogP contribution in [0.25, 0.3) is 0 Å².